The molecule has 0 saturated heterocycles. The van der Waals surface area contributed by atoms with Crippen molar-refractivity contribution in [2.24, 2.45) is 4.99 Å². The molecule has 0 aromatic rings. The van der Waals surface area contributed by atoms with E-state index in [4.69, 9.17) is 0 Å². The molecule has 0 radical (unpaired) electrons. The number of carbonyl (C=O) groups excluding carboxylic acids is 1. The molecule has 54 valence electrons. The van der Waals surface area contributed by atoms with Crippen molar-refractivity contribution >= 4 is 6.08 Å². The molecule has 0 N–H and O–H groups in total. The van der Waals surface area contributed by atoms with Crippen molar-refractivity contribution in [1.29, 1.82) is 0 Å². The highest BCUT2D eigenvalue weighted by molar-refractivity contribution is 5.32. The standard InChI is InChI=1S/C5H9NO.C2H6/c1-2-3-4-6-5-7;1-2/h2-4H2,1H3;1-2H3. The van der Waals surface area contributed by atoms with Gasteiger partial charge in [-0.1, -0.05) is 27.2 Å². The van der Waals surface area contributed by atoms with Gasteiger partial charge in [0.2, 0.25) is 6.08 Å². The molecule has 0 rings (SSSR count). The first-order chi connectivity index (χ1) is 4.41. The van der Waals surface area contributed by atoms with Crippen LogP contribution in [-0.4, -0.2) is 12.6 Å². The van der Waals surface area contributed by atoms with E-state index in [0.29, 0.717) is 6.54 Å². The van der Waals surface area contributed by atoms with Crippen LogP contribution in [0.3, 0.4) is 0 Å². The van der Waals surface area contributed by atoms with E-state index in [1.165, 1.54) is 6.08 Å². The molecule has 0 aromatic carbocycles. The monoisotopic (exact) mass is 129 g/mol. The quantitative estimate of drug-likeness (QED) is 0.326. The van der Waals surface area contributed by atoms with E-state index >= 15 is 0 Å². The summed E-state index contributed by atoms with van der Waals surface area (Å²) in [4.78, 5) is 12.7. The van der Waals surface area contributed by atoms with Gasteiger partial charge in [0.25, 0.3) is 0 Å². The minimum Gasteiger partial charge on any atom is -0.211 e. The molecule has 2 heteroatoms. The fourth-order valence-electron chi connectivity index (χ4n) is 0.283. The van der Waals surface area contributed by atoms with E-state index in [1.807, 2.05) is 13.8 Å². The van der Waals surface area contributed by atoms with Crippen molar-refractivity contribution in [2.45, 2.75) is 33.6 Å². The maximum absolute atomic E-state index is 9.39. The molecule has 9 heavy (non-hydrogen) atoms. The predicted octanol–water partition coefficient (Wildman–Crippen LogP) is 2.15. The van der Waals surface area contributed by atoms with Crippen LogP contribution >= 0.6 is 0 Å². The topological polar surface area (TPSA) is 29.4 Å². The molecule has 0 amide bonds. The Morgan fingerprint density at radius 2 is 2.00 bits per heavy atom. The van der Waals surface area contributed by atoms with Crippen LogP contribution in [0.2, 0.25) is 0 Å². The predicted molar refractivity (Wildman–Crippen MR) is 39.2 cm³/mol. The van der Waals surface area contributed by atoms with Gasteiger partial charge in [-0.05, 0) is 6.42 Å². The Balaban J connectivity index is 0. The van der Waals surface area contributed by atoms with Crippen LogP contribution in [0.15, 0.2) is 4.99 Å². The van der Waals surface area contributed by atoms with Crippen molar-refractivity contribution in [3.8, 4) is 0 Å². The summed E-state index contributed by atoms with van der Waals surface area (Å²) in [5.41, 5.74) is 0. The van der Waals surface area contributed by atoms with Crippen LogP contribution in [0.4, 0.5) is 0 Å². The summed E-state index contributed by atoms with van der Waals surface area (Å²) in [5.74, 6) is 0. The molecule has 0 heterocycles. The van der Waals surface area contributed by atoms with Gasteiger partial charge < -0.3 is 0 Å². The first-order valence-electron chi connectivity index (χ1n) is 3.45. The highest BCUT2D eigenvalue weighted by Crippen LogP contribution is 1.83. The summed E-state index contributed by atoms with van der Waals surface area (Å²) in [6.45, 7) is 6.69. The van der Waals surface area contributed by atoms with Crippen LogP contribution in [0, 0.1) is 0 Å². The van der Waals surface area contributed by atoms with Crippen molar-refractivity contribution < 1.29 is 4.79 Å². The summed E-state index contributed by atoms with van der Waals surface area (Å²) >= 11 is 0. The molecule has 0 saturated carbocycles. The Morgan fingerprint density at radius 3 is 2.33 bits per heavy atom. The number of hydrogen-bond donors (Lipinski definition) is 0. The summed E-state index contributed by atoms with van der Waals surface area (Å²) in [6.07, 6.45) is 3.56. The molecule has 0 aliphatic rings. The second kappa shape index (κ2) is 15.7. The van der Waals surface area contributed by atoms with Gasteiger partial charge in [-0.2, -0.15) is 0 Å². The normalized spacial score (nSPS) is 6.56. The van der Waals surface area contributed by atoms with Gasteiger partial charge in [-0.15, -0.1) is 0 Å². The molecule has 0 bridgehead atoms. The van der Waals surface area contributed by atoms with Gasteiger partial charge in [0.15, 0.2) is 0 Å². The molecule has 0 aromatic heterocycles. The van der Waals surface area contributed by atoms with Crippen molar-refractivity contribution in [2.75, 3.05) is 6.54 Å². The lowest BCUT2D eigenvalue weighted by Crippen LogP contribution is -1.74. The van der Waals surface area contributed by atoms with Gasteiger partial charge in [-0.3, -0.25) is 0 Å². The Morgan fingerprint density at radius 1 is 1.44 bits per heavy atom. The Hall–Kier alpha value is -0.620. The summed E-state index contributed by atoms with van der Waals surface area (Å²) in [7, 11) is 0. The Kier molecular flexibility index (Phi) is 19.5. The molecular formula is C7H15NO. The number of rotatable bonds is 3. The second-order valence-electron chi connectivity index (χ2n) is 1.33. The van der Waals surface area contributed by atoms with Crippen molar-refractivity contribution in [1.82, 2.24) is 0 Å². The molecule has 0 spiro atoms. The second-order valence-corrected chi connectivity index (χ2v) is 1.33. The number of nitrogens with zero attached hydrogens (tertiary/aromatic N) is 1. The number of isocyanates is 1. The SMILES string of the molecule is CC.CCCCN=C=O. The average molecular weight is 129 g/mol. The number of aliphatic imine (C=N–C) groups is 1. The molecule has 0 aliphatic heterocycles. The first-order valence-corrected chi connectivity index (χ1v) is 3.45. The zero-order chi connectivity index (χ0) is 7.54. The number of hydrogen-bond acceptors (Lipinski definition) is 2. The fourth-order valence-corrected chi connectivity index (χ4v) is 0.283. The summed E-state index contributed by atoms with van der Waals surface area (Å²) in [5, 5.41) is 0. The highest BCUT2D eigenvalue weighted by atomic mass is 16.1. The largest absolute Gasteiger partial charge is 0.234 e. The van der Waals surface area contributed by atoms with Crippen molar-refractivity contribution in [3.63, 3.8) is 0 Å². The molecule has 0 fully saturated rings. The van der Waals surface area contributed by atoms with E-state index in [1.54, 1.807) is 0 Å². The Labute approximate surface area is 57.0 Å². The first kappa shape index (κ1) is 11.2. The maximum atomic E-state index is 9.39. The average Bonchev–Trinajstić information content (AvgIpc) is 1.94. The highest BCUT2D eigenvalue weighted by Gasteiger charge is 1.74. The lowest BCUT2D eigenvalue weighted by atomic mass is 10.3. The van der Waals surface area contributed by atoms with Gasteiger partial charge in [0.05, 0.1) is 6.54 Å². The van der Waals surface area contributed by atoms with Crippen LogP contribution in [0.5, 0.6) is 0 Å². The molecule has 0 aliphatic carbocycles. The van der Waals surface area contributed by atoms with Crippen molar-refractivity contribution in [3.05, 3.63) is 0 Å². The molecule has 2 nitrogen and oxygen atoms in total. The number of unbranched alkanes of at least 4 members (excludes halogenated alkanes) is 1. The van der Waals surface area contributed by atoms with Crippen LogP contribution in [0.1, 0.15) is 33.6 Å². The van der Waals surface area contributed by atoms with Gasteiger partial charge in [0, 0.05) is 0 Å². The third kappa shape index (κ3) is 18.7. The maximum Gasteiger partial charge on any atom is 0.234 e. The van der Waals surface area contributed by atoms with E-state index in [0.717, 1.165) is 12.8 Å². The van der Waals surface area contributed by atoms with Gasteiger partial charge in [-0.25, -0.2) is 9.79 Å². The van der Waals surface area contributed by atoms with E-state index in [9.17, 15) is 4.79 Å². The van der Waals surface area contributed by atoms with E-state index in [2.05, 4.69) is 11.9 Å². The molecular weight excluding hydrogens is 114 g/mol. The van der Waals surface area contributed by atoms with Crippen LogP contribution in [0.25, 0.3) is 0 Å². The minimum absolute atomic E-state index is 0.639. The van der Waals surface area contributed by atoms with E-state index in [-0.39, 0.29) is 0 Å². The lowest BCUT2D eigenvalue weighted by molar-refractivity contribution is 0.562. The zero-order valence-electron chi connectivity index (χ0n) is 6.48. The summed E-state index contributed by atoms with van der Waals surface area (Å²) in [6, 6.07) is 0. The fraction of sp³-hybridized carbons (Fsp3) is 0.857. The molecule has 0 atom stereocenters. The van der Waals surface area contributed by atoms with Crippen LogP contribution < -0.4 is 0 Å². The molecule has 0 unspecified atom stereocenters. The minimum atomic E-state index is 0.639. The Bertz CT molecular complexity index is 75.0. The van der Waals surface area contributed by atoms with Crippen LogP contribution in [-0.2, 0) is 4.79 Å². The third-order valence-electron chi connectivity index (χ3n) is 0.688. The smallest absolute Gasteiger partial charge is 0.211 e. The third-order valence-corrected chi connectivity index (χ3v) is 0.688. The summed E-state index contributed by atoms with van der Waals surface area (Å²) < 4.78 is 0. The van der Waals surface area contributed by atoms with E-state index < -0.39 is 0 Å². The van der Waals surface area contributed by atoms with Gasteiger partial charge >= 0.3 is 0 Å². The zero-order valence-corrected chi connectivity index (χ0v) is 6.48. The van der Waals surface area contributed by atoms with Gasteiger partial charge in [0.1, 0.15) is 0 Å². The lowest BCUT2D eigenvalue weighted by Gasteiger charge is -1.80.